The van der Waals surface area contributed by atoms with Crippen LogP contribution in [0.4, 0.5) is 0 Å². The molecule has 3 rings (SSSR count). The van der Waals surface area contributed by atoms with Crippen LogP contribution in [-0.4, -0.2) is 25.5 Å². The molecule has 3 heterocycles. The average Bonchev–Trinajstić information content (AvgIpc) is 2.88. The first-order valence-electron chi connectivity index (χ1n) is 5.14. The molecule has 1 unspecified atom stereocenters. The fourth-order valence-electron chi connectivity index (χ4n) is 2.19. The molecule has 2 aliphatic rings. The molecule has 2 aliphatic heterocycles. The van der Waals surface area contributed by atoms with Gasteiger partial charge in [0.25, 0.3) is 0 Å². The van der Waals surface area contributed by atoms with Gasteiger partial charge in [0.2, 0.25) is 0 Å². The summed E-state index contributed by atoms with van der Waals surface area (Å²) in [7, 11) is 0. The Morgan fingerprint density at radius 1 is 1.50 bits per heavy atom. The highest BCUT2D eigenvalue weighted by molar-refractivity contribution is 7.12. The molecule has 2 nitrogen and oxygen atoms in total. The Balaban J connectivity index is 1.95. The summed E-state index contributed by atoms with van der Waals surface area (Å²) in [5.41, 5.74) is 2.81. The number of ether oxygens (including phenoxy) is 1. The Morgan fingerprint density at radius 2 is 2.50 bits per heavy atom. The van der Waals surface area contributed by atoms with Crippen molar-refractivity contribution in [1.29, 1.82) is 0 Å². The monoisotopic (exact) mass is 207 g/mol. The van der Waals surface area contributed by atoms with Crippen LogP contribution in [0.1, 0.15) is 16.9 Å². The standard InChI is InChI=1S/C11H13NOS/c1-4-12-10(9-2-5-13-7-9)11-8(1)3-6-14-11/h3,6,9H,1-2,4-5,7H2. The summed E-state index contributed by atoms with van der Waals surface area (Å²) in [6.45, 7) is 2.75. The van der Waals surface area contributed by atoms with Gasteiger partial charge in [0.05, 0.1) is 17.2 Å². The van der Waals surface area contributed by atoms with Crippen LogP contribution in [0.3, 0.4) is 0 Å². The zero-order chi connectivity index (χ0) is 9.38. The van der Waals surface area contributed by atoms with Gasteiger partial charge in [-0.05, 0) is 29.9 Å². The minimum Gasteiger partial charge on any atom is -0.381 e. The molecule has 0 saturated carbocycles. The average molecular weight is 207 g/mol. The second-order valence-corrected chi connectivity index (χ2v) is 4.77. The summed E-state index contributed by atoms with van der Waals surface area (Å²) in [5.74, 6) is 0.563. The highest BCUT2D eigenvalue weighted by atomic mass is 32.1. The van der Waals surface area contributed by atoms with Gasteiger partial charge in [0.15, 0.2) is 0 Å². The Labute approximate surface area is 87.6 Å². The maximum absolute atomic E-state index is 5.43. The van der Waals surface area contributed by atoms with E-state index in [1.807, 2.05) is 11.3 Å². The van der Waals surface area contributed by atoms with Crippen LogP contribution in [0.15, 0.2) is 16.4 Å². The second kappa shape index (κ2) is 3.48. The van der Waals surface area contributed by atoms with Gasteiger partial charge in [0, 0.05) is 19.1 Å². The Morgan fingerprint density at radius 3 is 3.36 bits per heavy atom. The molecule has 0 aromatic carbocycles. The third kappa shape index (κ3) is 1.31. The summed E-state index contributed by atoms with van der Waals surface area (Å²) in [5, 5.41) is 2.18. The van der Waals surface area contributed by atoms with Crippen LogP contribution in [0.5, 0.6) is 0 Å². The Bertz CT molecular complexity index is 363. The molecule has 0 N–H and O–H groups in total. The van der Waals surface area contributed by atoms with Crippen molar-refractivity contribution in [3.8, 4) is 0 Å². The molecule has 14 heavy (non-hydrogen) atoms. The van der Waals surface area contributed by atoms with Crippen LogP contribution in [-0.2, 0) is 11.2 Å². The van der Waals surface area contributed by atoms with Gasteiger partial charge in [-0.25, -0.2) is 0 Å². The first kappa shape index (κ1) is 8.62. The van der Waals surface area contributed by atoms with E-state index in [4.69, 9.17) is 4.74 Å². The van der Waals surface area contributed by atoms with Crippen LogP contribution in [0, 0.1) is 5.92 Å². The third-order valence-electron chi connectivity index (χ3n) is 2.96. The van der Waals surface area contributed by atoms with Crippen molar-refractivity contribution in [2.75, 3.05) is 19.8 Å². The first-order valence-corrected chi connectivity index (χ1v) is 6.02. The van der Waals surface area contributed by atoms with Crippen molar-refractivity contribution in [2.45, 2.75) is 12.8 Å². The van der Waals surface area contributed by atoms with Gasteiger partial charge in [0.1, 0.15) is 0 Å². The molecular formula is C11H13NOS. The van der Waals surface area contributed by atoms with Crippen molar-refractivity contribution in [3.05, 3.63) is 21.9 Å². The Kier molecular flexibility index (Phi) is 2.14. The fraction of sp³-hybridized carbons (Fsp3) is 0.545. The normalized spacial score (nSPS) is 26.0. The lowest BCUT2D eigenvalue weighted by Gasteiger charge is -2.16. The van der Waals surface area contributed by atoms with E-state index >= 15 is 0 Å². The molecule has 0 bridgehead atoms. The first-order chi connectivity index (χ1) is 6.95. The minimum absolute atomic E-state index is 0.563. The molecule has 0 spiro atoms. The van der Waals surface area contributed by atoms with Crippen molar-refractivity contribution < 1.29 is 4.74 Å². The van der Waals surface area contributed by atoms with Crippen LogP contribution >= 0.6 is 11.3 Å². The lowest BCUT2D eigenvalue weighted by atomic mass is 9.96. The van der Waals surface area contributed by atoms with Crippen molar-refractivity contribution in [2.24, 2.45) is 10.9 Å². The largest absolute Gasteiger partial charge is 0.381 e. The van der Waals surface area contributed by atoms with E-state index in [1.54, 1.807) is 0 Å². The number of hydrogen-bond donors (Lipinski definition) is 0. The van der Waals surface area contributed by atoms with Gasteiger partial charge < -0.3 is 4.74 Å². The van der Waals surface area contributed by atoms with E-state index in [-0.39, 0.29) is 0 Å². The molecule has 0 radical (unpaired) electrons. The highest BCUT2D eigenvalue weighted by Crippen LogP contribution is 2.28. The zero-order valence-electron chi connectivity index (χ0n) is 8.03. The van der Waals surface area contributed by atoms with Crippen LogP contribution < -0.4 is 0 Å². The van der Waals surface area contributed by atoms with Crippen molar-refractivity contribution in [3.63, 3.8) is 0 Å². The molecule has 1 saturated heterocycles. The molecule has 1 fully saturated rings. The summed E-state index contributed by atoms with van der Waals surface area (Å²) in [6.07, 6.45) is 2.27. The summed E-state index contributed by atoms with van der Waals surface area (Å²) in [6, 6.07) is 2.24. The quantitative estimate of drug-likeness (QED) is 0.691. The van der Waals surface area contributed by atoms with Gasteiger partial charge in [-0.1, -0.05) is 0 Å². The van der Waals surface area contributed by atoms with Crippen LogP contribution in [0.25, 0.3) is 0 Å². The van der Waals surface area contributed by atoms with Gasteiger partial charge in [-0.2, -0.15) is 0 Å². The molecule has 1 aromatic rings. The lowest BCUT2D eigenvalue weighted by Crippen LogP contribution is -2.20. The maximum atomic E-state index is 5.43. The molecule has 0 amide bonds. The molecule has 1 atom stereocenters. The number of thiophene rings is 1. The molecule has 1 aromatic heterocycles. The maximum Gasteiger partial charge on any atom is 0.0577 e. The SMILES string of the molecule is c1cc2c(s1)C(C1CCOC1)=NCC2. The van der Waals surface area contributed by atoms with E-state index < -0.39 is 0 Å². The summed E-state index contributed by atoms with van der Waals surface area (Å²) in [4.78, 5) is 6.10. The van der Waals surface area contributed by atoms with Crippen molar-refractivity contribution >= 4 is 17.0 Å². The third-order valence-corrected chi connectivity index (χ3v) is 3.94. The number of hydrogen-bond acceptors (Lipinski definition) is 3. The summed E-state index contributed by atoms with van der Waals surface area (Å²) >= 11 is 1.83. The number of rotatable bonds is 1. The van der Waals surface area contributed by atoms with Crippen LogP contribution in [0.2, 0.25) is 0 Å². The van der Waals surface area contributed by atoms with E-state index in [2.05, 4.69) is 16.4 Å². The van der Waals surface area contributed by atoms with E-state index in [9.17, 15) is 0 Å². The molecule has 74 valence electrons. The van der Waals surface area contributed by atoms with E-state index in [1.165, 1.54) is 16.2 Å². The number of fused-ring (bicyclic) bond motifs is 1. The fourth-order valence-corrected chi connectivity index (χ4v) is 3.23. The van der Waals surface area contributed by atoms with E-state index in [0.29, 0.717) is 5.92 Å². The smallest absolute Gasteiger partial charge is 0.0577 e. The van der Waals surface area contributed by atoms with Crippen molar-refractivity contribution in [1.82, 2.24) is 0 Å². The number of nitrogens with zero attached hydrogens (tertiary/aromatic N) is 1. The summed E-state index contributed by atoms with van der Waals surface area (Å²) < 4.78 is 5.43. The molecular weight excluding hydrogens is 194 g/mol. The topological polar surface area (TPSA) is 21.6 Å². The van der Waals surface area contributed by atoms with Gasteiger partial charge >= 0.3 is 0 Å². The lowest BCUT2D eigenvalue weighted by molar-refractivity contribution is 0.193. The number of aliphatic imine (C=N–C) groups is 1. The zero-order valence-corrected chi connectivity index (χ0v) is 8.85. The highest BCUT2D eigenvalue weighted by Gasteiger charge is 2.26. The predicted molar refractivity (Wildman–Crippen MR) is 58.4 cm³/mol. The Hall–Kier alpha value is -0.670. The molecule has 3 heteroatoms. The molecule has 0 aliphatic carbocycles. The minimum atomic E-state index is 0.563. The van der Waals surface area contributed by atoms with E-state index in [0.717, 1.165) is 32.6 Å². The predicted octanol–water partition coefficient (Wildman–Crippen LogP) is 2.13. The van der Waals surface area contributed by atoms with Gasteiger partial charge in [-0.15, -0.1) is 11.3 Å². The van der Waals surface area contributed by atoms with Gasteiger partial charge in [-0.3, -0.25) is 4.99 Å². The second-order valence-electron chi connectivity index (χ2n) is 3.85.